The van der Waals surface area contributed by atoms with Crippen molar-refractivity contribution in [3.63, 3.8) is 0 Å². The maximum atomic E-state index is 5.98. The second-order valence-corrected chi connectivity index (χ2v) is 6.52. The van der Waals surface area contributed by atoms with Crippen molar-refractivity contribution < 1.29 is 4.74 Å². The summed E-state index contributed by atoms with van der Waals surface area (Å²) in [5.74, 6) is 1.54. The summed E-state index contributed by atoms with van der Waals surface area (Å²) in [6.45, 7) is 2.18. The molecular weight excluding hydrogens is 322 g/mol. The number of pyridine rings is 2. The van der Waals surface area contributed by atoms with Crippen LogP contribution >= 0.6 is 0 Å². The molecule has 0 aliphatic rings. The van der Waals surface area contributed by atoms with Gasteiger partial charge in [0.25, 0.3) is 0 Å². The van der Waals surface area contributed by atoms with Gasteiger partial charge < -0.3 is 9.30 Å². The molecule has 0 aliphatic carbocycles. The molecule has 5 aromatic rings. The standard InChI is InChI=1S/C22H17N3O/c1-14-18-7-9-24-12-15(18)10-20-19-11-16(26-17-4-3-8-23-13-17)5-6-21(19)25(2)22(14)20/h3-13H,1-2H3. The zero-order valence-electron chi connectivity index (χ0n) is 14.6. The fourth-order valence-electron chi connectivity index (χ4n) is 3.81. The Morgan fingerprint density at radius 3 is 2.58 bits per heavy atom. The lowest BCUT2D eigenvalue weighted by Crippen LogP contribution is -1.90. The van der Waals surface area contributed by atoms with Crippen molar-refractivity contribution in [1.82, 2.24) is 14.5 Å². The Balaban J connectivity index is 1.78. The van der Waals surface area contributed by atoms with Crippen LogP contribution in [0, 0.1) is 6.92 Å². The Morgan fingerprint density at radius 1 is 0.846 bits per heavy atom. The normalized spacial score (nSPS) is 11.5. The smallest absolute Gasteiger partial charge is 0.145 e. The number of nitrogens with zero attached hydrogens (tertiary/aromatic N) is 3. The molecule has 0 spiro atoms. The monoisotopic (exact) mass is 339 g/mol. The number of hydrogen-bond donors (Lipinski definition) is 0. The molecule has 126 valence electrons. The Bertz CT molecular complexity index is 1270. The van der Waals surface area contributed by atoms with Crippen LogP contribution in [0.3, 0.4) is 0 Å². The summed E-state index contributed by atoms with van der Waals surface area (Å²) < 4.78 is 8.24. The highest BCUT2D eigenvalue weighted by Gasteiger charge is 2.14. The van der Waals surface area contributed by atoms with Gasteiger partial charge in [0.2, 0.25) is 0 Å². The lowest BCUT2D eigenvalue weighted by molar-refractivity contribution is 0.481. The summed E-state index contributed by atoms with van der Waals surface area (Å²) in [4.78, 5) is 8.39. The second kappa shape index (κ2) is 5.56. The first-order chi connectivity index (χ1) is 12.7. The highest BCUT2D eigenvalue weighted by atomic mass is 16.5. The third-order valence-electron chi connectivity index (χ3n) is 4.99. The molecule has 0 amide bonds. The molecule has 0 saturated heterocycles. The Morgan fingerprint density at radius 2 is 1.73 bits per heavy atom. The van der Waals surface area contributed by atoms with Gasteiger partial charge in [-0.3, -0.25) is 9.97 Å². The van der Waals surface area contributed by atoms with Gasteiger partial charge in [-0.25, -0.2) is 0 Å². The van der Waals surface area contributed by atoms with E-state index in [2.05, 4.69) is 52.8 Å². The van der Waals surface area contributed by atoms with Gasteiger partial charge in [-0.2, -0.15) is 0 Å². The van der Waals surface area contributed by atoms with Crippen LogP contribution < -0.4 is 4.74 Å². The van der Waals surface area contributed by atoms with E-state index in [0.717, 1.165) is 16.9 Å². The first-order valence-corrected chi connectivity index (χ1v) is 8.56. The number of aromatic nitrogens is 3. The average molecular weight is 339 g/mol. The minimum atomic E-state index is 0.734. The number of ether oxygens (including phenoxy) is 1. The van der Waals surface area contributed by atoms with E-state index in [1.54, 1.807) is 12.4 Å². The van der Waals surface area contributed by atoms with Gasteiger partial charge >= 0.3 is 0 Å². The van der Waals surface area contributed by atoms with Crippen molar-refractivity contribution in [2.45, 2.75) is 6.92 Å². The van der Waals surface area contributed by atoms with Crippen LogP contribution in [-0.2, 0) is 7.05 Å². The van der Waals surface area contributed by atoms with Crippen LogP contribution in [0.2, 0.25) is 0 Å². The van der Waals surface area contributed by atoms with Crippen molar-refractivity contribution in [2.24, 2.45) is 7.05 Å². The molecule has 26 heavy (non-hydrogen) atoms. The van der Waals surface area contributed by atoms with E-state index >= 15 is 0 Å². The van der Waals surface area contributed by atoms with Crippen LogP contribution in [0.15, 0.2) is 67.3 Å². The quantitative estimate of drug-likeness (QED) is 0.434. The van der Waals surface area contributed by atoms with Crippen molar-refractivity contribution in [3.8, 4) is 11.5 Å². The summed E-state index contributed by atoms with van der Waals surface area (Å²) >= 11 is 0. The lowest BCUT2D eigenvalue weighted by atomic mass is 10.0. The van der Waals surface area contributed by atoms with E-state index in [9.17, 15) is 0 Å². The van der Waals surface area contributed by atoms with Crippen molar-refractivity contribution >= 4 is 32.6 Å². The van der Waals surface area contributed by atoms with E-state index in [0.29, 0.717) is 0 Å². The van der Waals surface area contributed by atoms with E-state index in [4.69, 9.17) is 4.74 Å². The molecule has 3 aromatic heterocycles. The van der Waals surface area contributed by atoms with E-state index < -0.39 is 0 Å². The molecule has 3 heterocycles. The van der Waals surface area contributed by atoms with Crippen molar-refractivity contribution in [1.29, 1.82) is 0 Å². The lowest BCUT2D eigenvalue weighted by Gasteiger charge is -2.06. The predicted octanol–water partition coefficient (Wildman–Crippen LogP) is 5.38. The second-order valence-electron chi connectivity index (χ2n) is 6.52. The maximum Gasteiger partial charge on any atom is 0.145 e. The molecule has 0 radical (unpaired) electrons. The maximum absolute atomic E-state index is 5.98. The van der Waals surface area contributed by atoms with Crippen LogP contribution in [0.1, 0.15) is 5.56 Å². The summed E-state index contributed by atoms with van der Waals surface area (Å²) in [5, 5.41) is 4.80. The Hall–Kier alpha value is -3.40. The molecule has 4 nitrogen and oxygen atoms in total. The third kappa shape index (κ3) is 2.15. The predicted molar refractivity (Wildman–Crippen MR) is 105 cm³/mol. The van der Waals surface area contributed by atoms with Crippen LogP contribution in [0.25, 0.3) is 32.6 Å². The molecule has 5 rings (SSSR count). The molecule has 0 aliphatic heterocycles. The number of aryl methyl sites for hydroxylation is 2. The molecule has 0 unspecified atom stereocenters. The van der Waals surface area contributed by atoms with E-state index in [1.807, 2.05) is 30.6 Å². The van der Waals surface area contributed by atoms with Crippen molar-refractivity contribution in [2.75, 3.05) is 0 Å². The van der Waals surface area contributed by atoms with Crippen LogP contribution in [0.5, 0.6) is 11.5 Å². The van der Waals surface area contributed by atoms with Gasteiger partial charge in [-0.1, -0.05) is 0 Å². The average Bonchev–Trinajstić information content (AvgIpc) is 2.95. The summed E-state index contributed by atoms with van der Waals surface area (Å²) in [6, 6.07) is 14.3. The zero-order valence-corrected chi connectivity index (χ0v) is 14.6. The Labute approximate surface area is 150 Å². The van der Waals surface area contributed by atoms with Gasteiger partial charge in [0.15, 0.2) is 0 Å². The number of hydrogen-bond acceptors (Lipinski definition) is 3. The number of fused-ring (bicyclic) bond motifs is 4. The highest BCUT2D eigenvalue weighted by molar-refractivity contribution is 6.14. The molecule has 0 bridgehead atoms. The largest absolute Gasteiger partial charge is 0.456 e. The molecule has 4 heteroatoms. The van der Waals surface area contributed by atoms with Crippen LogP contribution in [-0.4, -0.2) is 14.5 Å². The van der Waals surface area contributed by atoms with Crippen LogP contribution in [0.4, 0.5) is 0 Å². The van der Waals surface area contributed by atoms with Gasteiger partial charge in [0.05, 0.1) is 11.7 Å². The summed E-state index contributed by atoms with van der Waals surface area (Å²) in [5.41, 5.74) is 3.70. The minimum absolute atomic E-state index is 0.734. The molecule has 0 saturated carbocycles. The van der Waals surface area contributed by atoms with E-state index in [1.165, 1.54) is 32.8 Å². The minimum Gasteiger partial charge on any atom is -0.456 e. The molecule has 0 N–H and O–H groups in total. The first kappa shape index (κ1) is 14.9. The third-order valence-corrected chi connectivity index (χ3v) is 4.99. The molecule has 0 fully saturated rings. The fraction of sp³-hybridized carbons (Fsp3) is 0.0909. The summed E-state index contributed by atoms with van der Waals surface area (Å²) in [6.07, 6.45) is 7.24. The highest BCUT2D eigenvalue weighted by Crippen LogP contribution is 2.36. The van der Waals surface area contributed by atoms with E-state index in [-0.39, 0.29) is 0 Å². The molecular formula is C22H17N3O. The molecule has 2 aromatic carbocycles. The SMILES string of the molecule is Cc1c2ccncc2cc2c3cc(Oc4cccnc4)ccc3n(C)c12. The number of benzene rings is 2. The summed E-state index contributed by atoms with van der Waals surface area (Å²) in [7, 11) is 2.12. The van der Waals surface area contributed by atoms with Gasteiger partial charge in [-0.05, 0) is 60.3 Å². The zero-order chi connectivity index (χ0) is 17.7. The first-order valence-electron chi connectivity index (χ1n) is 8.56. The van der Waals surface area contributed by atoms with Crippen molar-refractivity contribution in [3.05, 3.63) is 72.8 Å². The number of rotatable bonds is 2. The van der Waals surface area contributed by atoms with Gasteiger partial charge in [0, 0.05) is 47.3 Å². The van der Waals surface area contributed by atoms with Gasteiger partial charge in [-0.15, -0.1) is 0 Å². The molecule has 0 atom stereocenters. The topological polar surface area (TPSA) is 39.9 Å². The Kier molecular flexibility index (Phi) is 3.19. The van der Waals surface area contributed by atoms with Gasteiger partial charge in [0.1, 0.15) is 11.5 Å². The fourth-order valence-corrected chi connectivity index (χ4v) is 3.81.